The third kappa shape index (κ3) is 1.27. The lowest BCUT2D eigenvalue weighted by molar-refractivity contribution is -0.116. The molecule has 5 heteroatoms. The summed E-state index contributed by atoms with van der Waals surface area (Å²) in [5.74, 6) is 0.130. The van der Waals surface area contributed by atoms with Gasteiger partial charge in [0.1, 0.15) is 0 Å². The average molecular weight is 247 g/mol. The minimum Gasteiger partial charge on any atom is -0.287 e. The number of nitrogens with zero attached hydrogens (tertiary/aromatic N) is 2. The van der Waals surface area contributed by atoms with Crippen molar-refractivity contribution in [2.75, 3.05) is 11.4 Å². The Hall–Kier alpha value is -0.420. The van der Waals surface area contributed by atoms with Gasteiger partial charge in [-0.25, -0.2) is 4.98 Å². The highest BCUT2D eigenvalue weighted by Gasteiger charge is 2.31. The lowest BCUT2D eigenvalue weighted by Gasteiger charge is -2.10. The van der Waals surface area contributed by atoms with Crippen LogP contribution in [-0.4, -0.2) is 22.3 Å². The summed E-state index contributed by atoms with van der Waals surface area (Å²) in [6.45, 7) is 0.780. The number of rotatable bonds is 1. The second kappa shape index (κ2) is 3.14. The molecule has 0 saturated carbocycles. The summed E-state index contributed by atoms with van der Waals surface area (Å²) in [5, 5.41) is 2.69. The van der Waals surface area contributed by atoms with Crippen molar-refractivity contribution < 1.29 is 4.79 Å². The van der Waals surface area contributed by atoms with Crippen LogP contribution in [0.4, 0.5) is 5.13 Å². The van der Waals surface area contributed by atoms with Crippen LogP contribution in [0.5, 0.6) is 0 Å². The van der Waals surface area contributed by atoms with E-state index in [9.17, 15) is 4.79 Å². The van der Waals surface area contributed by atoms with Crippen LogP contribution in [0.2, 0.25) is 0 Å². The molecular weight excluding hydrogens is 240 g/mol. The van der Waals surface area contributed by atoms with Gasteiger partial charge in [0.2, 0.25) is 5.91 Å². The first-order chi connectivity index (χ1) is 5.79. The molecule has 1 aromatic heterocycles. The van der Waals surface area contributed by atoms with Crippen molar-refractivity contribution >= 4 is 38.3 Å². The molecule has 1 aliphatic heterocycles. The minimum atomic E-state index is -0.0126. The van der Waals surface area contributed by atoms with Gasteiger partial charge in [-0.1, -0.05) is 15.9 Å². The van der Waals surface area contributed by atoms with Gasteiger partial charge in [-0.2, -0.15) is 0 Å². The van der Waals surface area contributed by atoms with E-state index in [4.69, 9.17) is 0 Å². The van der Waals surface area contributed by atoms with Crippen molar-refractivity contribution in [3.63, 3.8) is 0 Å². The van der Waals surface area contributed by atoms with Crippen molar-refractivity contribution in [2.24, 2.45) is 0 Å². The number of alkyl halides is 1. The second-order valence-corrected chi connectivity index (χ2v) is 4.54. The number of hydrogen-bond acceptors (Lipinski definition) is 3. The maximum atomic E-state index is 11.4. The number of amides is 1. The molecule has 1 atom stereocenters. The van der Waals surface area contributed by atoms with E-state index in [2.05, 4.69) is 20.9 Å². The zero-order chi connectivity index (χ0) is 8.55. The van der Waals surface area contributed by atoms with Crippen LogP contribution in [0.15, 0.2) is 11.6 Å². The fourth-order valence-corrected chi connectivity index (χ4v) is 2.31. The summed E-state index contributed by atoms with van der Waals surface area (Å²) in [6.07, 6.45) is 2.59. The number of thiazole rings is 1. The van der Waals surface area contributed by atoms with E-state index in [0.29, 0.717) is 0 Å². The topological polar surface area (TPSA) is 33.2 Å². The van der Waals surface area contributed by atoms with E-state index in [1.807, 2.05) is 5.38 Å². The minimum absolute atomic E-state index is 0.0126. The molecule has 0 spiro atoms. The average Bonchev–Trinajstić information content (AvgIpc) is 2.64. The Morgan fingerprint density at radius 1 is 1.75 bits per heavy atom. The molecule has 1 fully saturated rings. The standard InChI is InChI=1S/C7H7BrN2OS/c8-5-1-3-10(6(5)11)7-9-2-4-12-7/h2,4-5H,1,3H2/t5-/m1/s1. The van der Waals surface area contributed by atoms with Gasteiger partial charge in [0.05, 0.1) is 4.83 Å². The molecule has 0 bridgehead atoms. The molecule has 0 aliphatic carbocycles. The first-order valence-corrected chi connectivity index (χ1v) is 5.43. The Morgan fingerprint density at radius 3 is 3.08 bits per heavy atom. The quantitative estimate of drug-likeness (QED) is 0.707. The number of carbonyl (C=O) groups is 1. The van der Waals surface area contributed by atoms with E-state index in [0.717, 1.165) is 18.1 Å². The van der Waals surface area contributed by atoms with Crippen LogP contribution in [0.25, 0.3) is 0 Å². The van der Waals surface area contributed by atoms with Crippen LogP contribution in [0.3, 0.4) is 0 Å². The summed E-state index contributed by atoms with van der Waals surface area (Å²) < 4.78 is 0. The van der Waals surface area contributed by atoms with Gasteiger partial charge < -0.3 is 0 Å². The zero-order valence-electron chi connectivity index (χ0n) is 6.24. The molecule has 1 aliphatic rings. The van der Waals surface area contributed by atoms with Crippen molar-refractivity contribution in [1.82, 2.24) is 4.98 Å². The maximum Gasteiger partial charge on any atom is 0.242 e. The number of hydrogen-bond donors (Lipinski definition) is 0. The van der Waals surface area contributed by atoms with E-state index in [1.54, 1.807) is 11.1 Å². The fourth-order valence-electron chi connectivity index (χ4n) is 1.18. The lowest BCUT2D eigenvalue weighted by Crippen LogP contribution is -2.26. The Labute approximate surface area is 82.5 Å². The molecule has 0 unspecified atom stereocenters. The largest absolute Gasteiger partial charge is 0.287 e. The smallest absolute Gasteiger partial charge is 0.242 e. The molecule has 2 rings (SSSR count). The third-order valence-electron chi connectivity index (χ3n) is 1.79. The van der Waals surface area contributed by atoms with E-state index in [1.165, 1.54) is 11.3 Å². The van der Waals surface area contributed by atoms with Gasteiger partial charge >= 0.3 is 0 Å². The number of anilines is 1. The first-order valence-electron chi connectivity index (χ1n) is 3.64. The molecule has 1 aromatic rings. The van der Waals surface area contributed by atoms with Gasteiger partial charge in [0, 0.05) is 18.1 Å². The molecule has 3 nitrogen and oxygen atoms in total. The molecule has 1 saturated heterocycles. The van der Waals surface area contributed by atoms with Crippen molar-refractivity contribution in [3.05, 3.63) is 11.6 Å². The van der Waals surface area contributed by atoms with Gasteiger partial charge in [0.25, 0.3) is 0 Å². The van der Waals surface area contributed by atoms with Crippen LogP contribution in [0, 0.1) is 0 Å². The van der Waals surface area contributed by atoms with Crippen molar-refractivity contribution in [3.8, 4) is 0 Å². The Kier molecular flexibility index (Phi) is 2.14. The monoisotopic (exact) mass is 246 g/mol. The summed E-state index contributed by atoms with van der Waals surface area (Å²) in [6, 6.07) is 0. The molecule has 0 aromatic carbocycles. The summed E-state index contributed by atoms with van der Waals surface area (Å²) in [7, 11) is 0. The number of carbonyl (C=O) groups excluding carboxylic acids is 1. The normalized spacial score (nSPS) is 23.6. The molecule has 12 heavy (non-hydrogen) atoms. The lowest BCUT2D eigenvalue weighted by atomic mass is 10.4. The molecule has 64 valence electrons. The van der Waals surface area contributed by atoms with Crippen molar-refractivity contribution in [1.29, 1.82) is 0 Å². The number of halogens is 1. The fraction of sp³-hybridized carbons (Fsp3) is 0.429. The summed E-state index contributed by atoms with van der Waals surface area (Å²) in [5.41, 5.74) is 0. The Balaban J connectivity index is 2.22. The van der Waals surface area contributed by atoms with Crippen LogP contribution < -0.4 is 4.90 Å². The van der Waals surface area contributed by atoms with E-state index < -0.39 is 0 Å². The van der Waals surface area contributed by atoms with Crippen molar-refractivity contribution in [2.45, 2.75) is 11.2 Å². The van der Waals surface area contributed by atoms with E-state index in [-0.39, 0.29) is 10.7 Å². The van der Waals surface area contributed by atoms with Gasteiger partial charge in [-0.3, -0.25) is 9.69 Å². The highest BCUT2D eigenvalue weighted by molar-refractivity contribution is 9.10. The Morgan fingerprint density at radius 2 is 2.58 bits per heavy atom. The predicted octanol–water partition coefficient (Wildman–Crippen LogP) is 1.64. The Bertz CT molecular complexity index is 288. The summed E-state index contributed by atoms with van der Waals surface area (Å²) >= 11 is 4.81. The second-order valence-electron chi connectivity index (χ2n) is 2.56. The third-order valence-corrected chi connectivity index (χ3v) is 3.43. The zero-order valence-corrected chi connectivity index (χ0v) is 8.64. The SMILES string of the molecule is O=C1[C@H](Br)CCN1c1nccs1. The van der Waals surface area contributed by atoms with Crippen LogP contribution in [-0.2, 0) is 4.79 Å². The van der Waals surface area contributed by atoms with E-state index >= 15 is 0 Å². The number of aromatic nitrogens is 1. The maximum absolute atomic E-state index is 11.4. The van der Waals surface area contributed by atoms with Crippen LogP contribution >= 0.6 is 27.3 Å². The predicted molar refractivity (Wildman–Crippen MR) is 51.8 cm³/mol. The van der Waals surface area contributed by atoms with Gasteiger partial charge in [-0.15, -0.1) is 11.3 Å². The molecular formula is C7H7BrN2OS. The molecule has 0 N–H and O–H groups in total. The molecule has 2 heterocycles. The highest BCUT2D eigenvalue weighted by atomic mass is 79.9. The van der Waals surface area contributed by atoms with Gasteiger partial charge in [-0.05, 0) is 6.42 Å². The summed E-state index contributed by atoms with van der Waals surface area (Å²) in [4.78, 5) is 17.2. The molecule has 0 radical (unpaired) electrons. The van der Waals surface area contributed by atoms with Gasteiger partial charge in [0.15, 0.2) is 5.13 Å². The first kappa shape index (κ1) is 8.19. The highest BCUT2D eigenvalue weighted by Crippen LogP contribution is 2.26. The van der Waals surface area contributed by atoms with Crippen LogP contribution in [0.1, 0.15) is 6.42 Å². The molecule has 1 amide bonds.